The second kappa shape index (κ2) is 8.45. The van der Waals surface area contributed by atoms with Gasteiger partial charge in [0, 0.05) is 48.9 Å². The summed E-state index contributed by atoms with van der Waals surface area (Å²) < 4.78 is 11.1. The minimum atomic E-state index is -0.0333. The average molecular weight is 404 g/mol. The normalized spacial score (nSPS) is 14.5. The molecule has 6 nitrogen and oxygen atoms in total. The molecule has 6 heteroatoms. The van der Waals surface area contributed by atoms with Gasteiger partial charge >= 0.3 is 0 Å². The molecular formula is C24H24N2O4. The molecule has 4 rings (SSSR count). The zero-order valence-electron chi connectivity index (χ0n) is 17.1. The summed E-state index contributed by atoms with van der Waals surface area (Å²) in [6.07, 6.45) is 3.26. The number of para-hydroxylation sites is 1. The minimum absolute atomic E-state index is 0.0333. The maximum Gasteiger partial charge on any atom is 0.246 e. The molecule has 1 aromatic heterocycles. The van der Waals surface area contributed by atoms with E-state index in [9.17, 15) is 9.59 Å². The van der Waals surface area contributed by atoms with Gasteiger partial charge < -0.3 is 19.0 Å². The molecule has 30 heavy (non-hydrogen) atoms. The Morgan fingerprint density at radius 3 is 2.43 bits per heavy atom. The monoisotopic (exact) mass is 404 g/mol. The molecule has 1 aliphatic rings. The van der Waals surface area contributed by atoms with Crippen molar-refractivity contribution in [3.05, 3.63) is 65.9 Å². The third-order valence-electron chi connectivity index (χ3n) is 5.37. The van der Waals surface area contributed by atoms with E-state index in [0.717, 1.165) is 24.2 Å². The van der Waals surface area contributed by atoms with Crippen molar-refractivity contribution >= 4 is 34.4 Å². The lowest BCUT2D eigenvalue weighted by molar-refractivity contribution is -0.126. The molecule has 0 aliphatic carbocycles. The van der Waals surface area contributed by atoms with Gasteiger partial charge in [-0.05, 0) is 49.4 Å². The molecule has 1 aliphatic heterocycles. The van der Waals surface area contributed by atoms with E-state index in [0.29, 0.717) is 35.7 Å². The third-order valence-corrected chi connectivity index (χ3v) is 5.37. The van der Waals surface area contributed by atoms with E-state index >= 15 is 0 Å². The Labute approximate surface area is 175 Å². The van der Waals surface area contributed by atoms with Crippen molar-refractivity contribution in [1.29, 1.82) is 0 Å². The Hall–Kier alpha value is -3.54. The number of nitrogens with zero attached hydrogens (tertiary/aromatic N) is 2. The highest BCUT2D eigenvalue weighted by atomic mass is 16.5. The van der Waals surface area contributed by atoms with Gasteiger partial charge in [0.05, 0.1) is 7.11 Å². The fraction of sp³-hybridized carbons (Fsp3) is 0.250. The number of hydrogen-bond acceptors (Lipinski definition) is 5. The van der Waals surface area contributed by atoms with E-state index in [2.05, 4.69) is 4.90 Å². The van der Waals surface area contributed by atoms with Crippen LogP contribution >= 0.6 is 0 Å². The molecule has 2 aromatic carbocycles. The first-order chi connectivity index (χ1) is 14.5. The van der Waals surface area contributed by atoms with E-state index in [4.69, 9.17) is 9.15 Å². The Morgan fingerprint density at radius 2 is 1.77 bits per heavy atom. The van der Waals surface area contributed by atoms with E-state index in [1.807, 2.05) is 53.4 Å². The lowest BCUT2D eigenvalue weighted by atomic mass is 10.1. The van der Waals surface area contributed by atoms with Gasteiger partial charge in [0.2, 0.25) is 5.91 Å². The molecule has 3 aromatic rings. The number of fused-ring (bicyclic) bond motifs is 1. The quantitative estimate of drug-likeness (QED) is 0.475. The number of ether oxygens (including phenoxy) is 1. The van der Waals surface area contributed by atoms with Crippen LogP contribution < -0.4 is 9.64 Å². The van der Waals surface area contributed by atoms with Gasteiger partial charge in [0.25, 0.3) is 0 Å². The highest BCUT2D eigenvalue weighted by Crippen LogP contribution is 2.29. The van der Waals surface area contributed by atoms with Crippen molar-refractivity contribution in [2.45, 2.75) is 6.92 Å². The molecule has 0 atom stereocenters. The van der Waals surface area contributed by atoms with Crippen LogP contribution in [0.3, 0.4) is 0 Å². The van der Waals surface area contributed by atoms with Gasteiger partial charge in [-0.25, -0.2) is 0 Å². The van der Waals surface area contributed by atoms with Crippen LogP contribution in [0.25, 0.3) is 17.0 Å². The fourth-order valence-electron chi connectivity index (χ4n) is 3.65. The van der Waals surface area contributed by atoms with E-state index in [1.165, 1.54) is 0 Å². The molecule has 0 N–H and O–H groups in total. The summed E-state index contributed by atoms with van der Waals surface area (Å²) in [5, 5.41) is 0.936. The van der Waals surface area contributed by atoms with Crippen LogP contribution in [0.5, 0.6) is 5.75 Å². The fourth-order valence-corrected chi connectivity index (χ4v) is 3.65. The number of benzene rings is 2. The molecule has 1 saturated heterocycles. The zero-order valence-corrected chi connectivity index (χ0v) is 17.1. The molecule has 0 bridgehead atoms. The van der Waals surface area contributed by atoms with Crippen molar-refractivity contribution in [2.24, 2.45) is 0 Å². The number of furan rings is 1. The number of methoxy groups -OCH3 is 1. The average Bonchev–Trinajstić information content (AvgIpc) is 3.21. The lowest BCUT2D eigenvalue weighted by Crippen LogP contribution is -2.48. The van der Waals surface area contributed by atoms with Crippen molar-refractivity contribution in [3.8, 4) is 5.75 Å². The number of rotatable bonds is 5. The summed E-state index contributed by atoms with van der Waals surface area (Å²) >= 11 is 0. The second-order valence-electron chi connectivity index (χ2n) is 7.28. The van der Waals surface area contributed by atoms with Crippen molar-refractivity contribution in [3.63, 3.8) is 0 Å². The molecule has 0 spiro atoms. The van der Waals surface area contributed by atoms with Gasteiger partial charge in [-0.1, -0.05) is 12.1 Å². The van der Waals surface area contributed by atoms with Gasteiger partial charge in [-0.15, -0.1) is 0 Å². The largest absolute Gasteiger partial charge is 0.493 e. The number of amides is 1. The van der Waals surface area contributed by atoms with E-state index < -0.39 is 0 Å². The molecule has 1 fully saturated rings. The molecular weight excluding hydrogens is 380 g/mol. The molecule has 0 saturated carbocycles. The summed E-state index contributed by atoms with van der Waals surface area (Å²) in [5.74, 6) is 1.32. The van der Waals surface area contributed by atoms with Crippen LogP contribution in [-0.4, -0.2) is 49.9 Å². The highest BCUT2D eigenvalue weighted by molar-refractivity contribution is 5.94. The first kappa shape index (κ1) is 19.8. The SMILES string of the molecule is COc1cccc2cc(/C=C/C(=O)N3CCN(c4ccc(C(C)=O)cc4)CC3)oc12. The van der Waals surface area contributed by atoms with Crippen molar-refractivity contribution in [1.82, 2.24) is 4.90 Å². The lowest BCUT2D eigenvalue weighted by Gasteiger charge is -2.35. The number of anilines is 1. The highest BCUT2D eigenvalue weighted by Gasteiger charge is 2.20. The maximum atomic E-state index is 12.6. The number of ketones is 1. The van der Waals surface area contributed by atoms with Gasteiger partial charge in [-0.2, -0.15) is 0 Å². The van der Waals surface area contributed by atoms with E-state index in [1.54, 1.807) is 26.2 Å². The van der Waals surface area contributed by atoms with Gasteiger partial charge in [0.1, 0.15) is 5.76 Å². The number of carbonyl (C=O) groups is 2. The number of hydrogen-bond donors (Lipinski definition) is 0. The molecule has 1 amide bonds. The second-order valence-corrected chi connectivity index (χ2v) is 7.28. The Kier molecular flexibility index (Phi) is 5.57. The summed E-state index contributed by atoms with van der Waals surface area (Å²) in [4.78, 5) is 28.1. The number of Topliss-reactive ketones (excluding diaryl/α,β-unsaturated/α-hetero) is 1. The Bertz CT molecular complexity index is 1090. The molecule has 0 unspecified atom stereocenters. The van der Waals surface area contributed by atoms with Crippen LogP contribution in [-0.2, 0) is 4.79 Å². The maximum absolute atomic E-state index is 12.6. The van der Waals surface area contributed by atoms with Crippen molar-refractivity contribution < 1.29 is 18.7 Å². The first-order valence-corrected chi connectivity index (χ1v) is 9.94. The predicted octanol–water partition coefficient (Wildman–Crippen LogP) is 4.01. The molecule has 154 valence electrons. The predicted molar refractivity (Wildman–Crippen MR) is 117 cm³/mol. The standard InChI is InChI=1S/C24H24N2O4/c1-17(27)18-6-8-20(9-7-18)25-12-14-26(15-13-25)23(28)11-10-21-16-19-4-3-5-22(29-2)24(19)30-21/h3-11,16H,12-15H2,1-2H3/b11-10+. The molecule has 0 radical (unpaired) electrons. The summed E-state index contributed by atoms with van der Waals surface area (Å²) in [7, 11) is 1.60. The third kappa shape index (κ3) is 4.08. The summed E-state index contributed by atoms with van der Waals surface area (Å²) in [6.45, 7) is 4.35. The summed E-state index contributed by atoms with van der Waals surface area (Å²) in [5.41, 5.74) is 2.45. The molecule has 2 heterocycles. The van der Waals surface area contributed by atoms with Crippen LogP contribution in [0.1, 0.15) is 23.0 Å². The Morgan fingerprint density at radius 1 is 1.03 bits per heavy atom. The van der Waals surface area contributed by atoms with E-state index in [-0.39, 0.29) is 11.7 Å². The van der Waals surface area contributed by atoms with Gasteiger partial charge in [0.15, 0.2) is 17.1 Å². The first-order valence-electron chi connectivity index (χ1n) is 9.94. The number of carbonyl (C=O) groups excluding carboxylic acids is 2. The van der Waals surface area contributed by atoms with Gasteiger partial charge in [-0.3, -0.25) is 9.59 Å². The number of piperazine rings is 1. The smallest absolute Gasteiger partial charge is 0.246 e. The van der Waals surface area contributed by atoms with Crippen molar-refractivity contribution in [2.75, 3.05) is 38.2 Å². The van der Waals surface area contributed by atoms with Crippen LogP contribution in [0, 0.1) is 0 Å². The topological polar surface area (TPSA) is 63.0 Å². The Balaban J connectivity index is 1.37. The zero-order chi connectivity index (χ0) is 21.1. The van der Waals surface area contributed by atoms with Crippen LogP contribution in [0.2, 0.25) is 0 Å². The van der Waals surface area contributed by atoms with Crippen LogP contribution in [0.4, 0.5) is 5.69 Å². The summed E-state index contributed by atoms with van der Waals surface area (Å²) in [6, 6.07) is 15.2. The minimum Gasteiger partial charge on any atom is -0.493 e. The van der Waals surface area contributed by atoms with Crippen LogP contribution in [0.15, 0.2) is 59.0 Å².